The summed E-state index contributed by atoms with van der Waals surface area (Å²) in [6, 6.07) is -0.933. The van der Waals surface area contributed by atoms with Gasteiger partial charge in [0.25, 0.3) is 0 Å². The number of hydrogen-bond donors (Lipinski definition) is 4. The molecule has 2 aromatic heterocycles. The molecule has 1 aliphatic carbocycles. The van der Waals surface area contributed by atoms with Crippen molar-refractivity contribution >= 4 is 45.5 Å². The Labute approximate surface area is 145 Å². The highest BCUT2D eigenvalue weighted by Gasteiger charge is 2.43. The van der Waals surface area contributed by atoms with Gasteiger partial charge in [-0.25, -0.2) is 15.0 Å². The minimum Gasteiger partial charge on any atom is -0.388 e. The quantitative estimate of drug-likeness (QED) is 0.386. The number of hydrogen-bond acceptors (Lipinski definition) is 7. The number of aromatic nitrogens is 4. The normalized spacial score (nSPS) is 27.3. The summed E-state index contributed by atoms with van der Waals surface area (Å²) in [5, 5.41) is 26.2. The lowest BCUT2D eigenvalue weighted by molar-refractivity contribution is -0.120. The molecule has 124 valence electrons. The maximum atomic E-state index is 11.2. The fourth-order valence-electron chi connectivity index (χ4n) is 3.00. The number of amides is 1. The molecule has 4 atom stereocenters. The van der Waals surface area contributed by atoms with E-state index in [1.54, 1.807) is 17.9 Å². The molecule has 0 aliphatic heterocycles. The van der Waals surface area contributed by atoms with E-state index >= 15 is 0 Å². The Balaban J connectivity index is 2.00. The molecule has 10 heteroatoms. The van der Waals surface area contributed by atoms with Gasteiger partial charge in [0.15, 0.2) is 20.8 Å². The van der Waals surface area contributed by atoms with Crippen molar-refractivity contribution in [2.75, 3.05) is 12.4 Å². The lowest BCUT2D eigenvalue weighted by Crippen LogP contribution is -2.42. The topological polar surface area (TPSA) is 125 Å². The van der Waals surface area contributed by atoms with E-state index in [0.29, 0.717) is 27.2 Å². The average molecular weight is 432 g/mol. The fraction of sp³-hybridized carbons (Fsp3) is 0.538. The first kappa shape index (κ1) is 16.3. The van der Waals surface area contributed by atoms with Gasteiger partial charge in [0.1, 0.15) is 12.2 Å². The number of anilines is 1. The van der Waals surface area contributed by atoms with Crippen LogP contribution < -0.4 is 10.6 Å². The zero-order valence-corrected chi connectivity index (χ0v) is 14.7. The molecule has 1 saturated carbocycles. The number of fused-ring (bicyclic) bond motifs is 1. The molecule has 3 rings (SSSR count). The third-order valence-electron chi connectivity index (χ3n) is 4.03. The zero-order chi connectivity index (χ0) is 16.7. The molecule has 9 nitrogen and oxygen atoms in total. The van der Waals surface area contributed by atoms with E-state index in [1.807, 2.05) is 22.6 Å². The van der Waals surface area contributed by atoms with Crippen molar-refractivity contribution in [3.63, 3.8) is 0 Å². The summed E-state index contributed by atoms with van der Waals surface area (Å²) in [5.41, 5.74) is 1.17. The van der Waals surface area contributed by atoms with Crippen LogP contribution in [0.5, 0.6) is 0 Å². The number of aliphatic hydroxyl groups excluding tert-OH is 2. The summed E-state index contributed by atoms with van der Waals surface area (Å²) in [7, 11) is 1.75. The highest BCUT2D eigenvalue weighted by Crippen LogP contribution is 2.34. The van der Waals surface area contributed by atoms with Crippen LogP contribution in [0.2, 0.25) is 0 Å². The minimum atomic E-state index is -1.04. The molecule has 4 N–H and O–H groups in total. The second-order valence-corrected chi connectivity index (χ2v) is 6.47. The second-order valence-electron chi connectivity index (χ2n) is 5.51. The van der Waals surface area contributed by atoms with E-state index in [-0.39, 0.29) is 5.91 Å². The molecule has 23 heavy (non-hydrogen) atoms. The summed E-state index contributed by atoms with van der Waals surface area (Å²) in [6.45, 7) is 1.38. The van der Waals surface area contributed by atoms with Crippen molar-refractivity contribution in [1.29, 1.82) is 0 Å². The van der Waals surface area contributed by atoms with Gasteiger partial charge in [-0.2, -0.15) is 0 Å². The number of nitrogens with zero attached hydrogens (tertiary/aromatic N) is 4. The molecule has 4 unspecified atom stereocenters. The summed E-state index contributed by atoms with van der Waals surface area (Å²) in [5.74, 6) is 0.358. The zero-order valence-electron chi connectivity index (χ0n) is 12.6. The van der Waals surface area contributed by atoms with Crippen molar-refractivity contribution in [1.82, 2.24) is 24.8 Å². The predicted octanol–water partition coefficient (Wildman–Crippen LogP) is -0.356. The van der Waals surface area contributed by atoms with Crippen LogP contribution in [0.3, 0.4) is 0 Å². The van der Waals surface area contributed by atoms with Crippen LogP contribution in [-0.4, -0.2) is 60.9 Å². The highest BCUT2D eigenvalue weighted by molar-refractivity contribution is 14.1. The number of carbonyl (C=O) groups excluding carboxylic acids is 1. The molecule has 0 radical (unpaired) electrons. The van der Waals surface area contributed by atoms with Gasteiger partial charge in [-0.15, -0.1) is 0 Å². The Morgan fingerprint density at radius 2 is 2.13 bits per heavy atom. The van der Waals surface area contributed by atoms with E-state index in [0.717, 1.165) is 0 Å². The predicted molar refractivity (Wildman–Crippen MR) is 90.9 cm³/mol. The minimum absolute atomic E-state index is 0.244. The molecule has 2 heterocycles. The molecular formula is C13H17IN6O3. The van der Waals surface area contributed by atoms with Gasteiger partial charge in [0, 0.05) is 36.6 Å². The third kappa shape index (κ3) is 2.85. The van der Waals surface area contributed by atoms with Crippen molar-refractivity contribution in [3.8, 4) is 0 Å². The largest absolute Gasteiger partial charge is 0.388 e. The number of aliphatic hydroxyl groups is 2. The van der Waals surface area contributed by atoms with Gasteiger partial charge in [-0.05, 0) is 6.42 Å². The SMILES string of the molecule is CNc1nc(I)nc2c1ncn2C1CC(NC(C)=O)C(O)C1O. The van der Waals surface area contributed by atoms with Crippen LogP contribution in [0.25, 0.3) is 11.2 Å². The van der Waals surface area contributed by atoms with Crippen molar-refractivity contribution in [2.45, 2.75) is 37.6 Å². The van der Waals surface area contributed by atoms with E-state index in [2.05, 4.69) is 25.6 Å². The molecular weight excluding hydrogens is 415 g/mol. The lowest BCUT2D eigenvalue weighted by atomic mass is 10.2. The van der Waals surface area contributed by atoms with Gasteiger partial charge in [0.05, 0.1) is 18.4 Å². The number of rotatable bonds is 3. The van der Waals surface area contributed by atoms with Gasteiger partial charge >= 0.3 is 0 Å². The van der Waals surface area contributed by atoms with Crippen LogP contribution in [0.4, 0.5) is 5.82 Å². The van der Waals surface area contributed by atoms with Gasteiger partial charge in [-0.1, -0.05) is 0 Å². The molecule has 1 amide bonds. The number of imidazole rings is 1. The molecule has 0 saturated heterocycles. The molecule has 1 fully saturated rings. The van der Waals surface area contributed by atoms with Crippen molar-refractivity contribution in [2.24, 2.45) is 0 Å². The molecule has 0 bridgehead atoms. The Morgan fingerprint density at radius 1 is 1.39 bits per heavy atom. The first-order chi connectivity index (χ1) is 10.9. The van der Waals surface area contributed by atoms with Crippen LogP contribution in [0, 0.1) is 3.83 Å². The van der Waals surface area contributed by atoms with Crippen LogP contribution in [0.15, 0.2) is 6.33 Å². The van der Waals surface area contributed by atoms with E-state index in [4.69, 9.17) is 0 Å². The maximum Gasteiger partial charge on any atom is 0.217 e. The van der Waals surface area contributed by atoms with E-state index in [9.17, 15) is 15.0 Å². The monoisotopic (exact) mass is 432 g/mol. The Hall–Kier alpha value is -1.53. The highest BCUT2D eigenvalue weighted by atomic mass is 127. The Bertz CT molecular complexity index is 751. The van der Waals surface area contributed by atoms with Gasteiger partial charge in [-0.3, -0.25) is 4.79 Å². The number of carbonyl (C=O) groups is 1. The first-order valence-corrected chi connectivity index (χ1v) is 8.21. The lowest BCUT2D eigenvalue weighted by Gasteiger charge is -2.18. The summed E-state index contributed by atoms with van der Waals surface area (Å²) in [6.07, 6.45) is -0.0866. The molecule has 0 aromatic carbocycles. The summed E-state index contributed by atoms with van der Waals surface area (Å²) >= 11 is 2.01. The van der Waals surface area contributed by atoms with Crippen LogP contribution >= 0.6 is 22.6 Å². The van der Waals surface area contributed by atoms with E-state index in [1.165, 1.54) is 6.92 Å². The number of nitrogens with one attached hydrogen (secondary N) is 2. The molecule has 2 aromatic rings. The number of halogens is 1. The van der Waals surface area contributed by atoms with Gasteiger partial charge in [0.2, 0.25) is 5.91 Å². The third-order valence-corrected chi connectivity index (χ3v) is 4.51. The molecule has 0 spiro atoms. The van der Waals surface area contributed by atoms with Crippen molar-refractivity contribution in [3.05, 3.63) is 10.2 Å². The second kappa shape index (κ2) is 6.17. The van der Waals surface area contributed by atoms with Crippen molar-refractivity contribution < 1.29 is 15.0 Å². The average Bonchev–Trinajstić information content (AvgIpc) is 3.02. The summed E-state index contributed by atoms with van der Waals surface area (Å²) in [4.78, 5) is 24.2. The Kier molecular flexibility index (Phi) is 4.38. The standard InChI is InChI=1S/C13H17IN6O3/c1-5(21)17-6-3-7(10(23)9(6)22)20-4-16-8-11(15-2)18-13(14)19-12(8)20/h4,6-7,9-10,22-23H,3H2,1-2H3,(H,17,21)(H,15,18,19). The van der Waals surface area contributed by atoms with Crippen LogP contribution in [-0.2, 0) is 4.79 Å². The maximum absolute atomic E-state index is 11.2. The summed E-state index contributed by atoms with van der Waals surface area (Å²) < 4.78 is 2.28. The van der Waals surface area contributed by atoms with Gasteiger partial charge < -0.3 is 25.4 Å². The van der Waals surface area contributed by atoms with E-state index < -0.39 is 24.3 Å². The Morgan fingerprint density at radius 3 is 2.78 bits per heavy atom. The fourth-order valence-corrected chi connectivity index (χ4v) is 3.46. The first-order valence-electron chi connectivity index (χ1n) is 7.13. The van der Waals surface area contributed by atoms with Crippen LogP contribution in [0.1, 0.15) is 19.4 Å². The smallest absolute Gasteiger partial charge is 0.217 e. The molecule has 1 aliphatic rings.